The average molecular weight is 484 g/mol. The molecule has 3 heterocycles. The number of hydrogen-bond donors (Lipinski definition) is 1. The molecule has 0 saturated heterocycles. The van der Waals surface area contributed by atoms with Crippen molar-refractivity contribution in [2.24, 2.45) is 11.8 Å². The van der Waals surface area contributed by atoms with Gasteiger partial charge in [-0.05, 0) is 67.3 Å². The highest BCUT2D eigenvalue weighted by molar-refractivity contribution is 7.17. The highest BCUT2D eigenvalue weighted by Gasteiger charge is 2.50. The number of carbonyl (C=O) groups excluding carboxylic acids is 2. The third kappa shape index (κ3) is 3.50. The van der Waals surface area contributed by atoms with Crippen LogP contribution in [0.1, 0.15) is 56.1 Å². The van der Waals surface area contributed by atoms with Crippen LogP contribution in [0.4, 0.5) is 5.69 Å². The molecule has 7 heteroatoms. The van der Waals surface area contributed by atoms with Crippen LogP contribution in [0.5, 0.6) is 0 Å². The molecule has 1 N–H and O–H groups in total. The van der Waals surface area contributed by atoms with Gasteiger partial charge in [0.2, 0.25) is 5.91 Å². The molecule has 1 saturated carbocycles. The van der Waals surface area contributed by atoms with Crippen molar-refractivity contribution in [3.05, 3.63) is 52.0 Å². The molecule has 0 radical (unpaired) electrons. The lowest BCUT2D eigenvalue weighted by Crippen LogP contribution is -2.66. The lowest BCUT2D eigenvalue weighted by Gasteiger charge is -2.46. The summed E-state index contributed by atoms with van der Waals surface area (Å²) in [7, 11) is 0. The third-order valence-electron chi connectivity index (χ3n) is 7.90. The van der Waals surface area contributed by atoms with Gasteiger partial charge in [0.1, 0.15) is 11.2 Å². The van der Waals surface area contributed by atoms with Crippen LogP contribution in [-0.4, -0.2) is 28.0 Å². The fraction of sp³-hybridized carbons (Fsp3) is 0.462. The maximum atomic E-state index is 14.0. The number of amides is 2. The van der Waals surface area contributed by atoms with E-state index >= 15 is 0 Å². The van der Waals surface area contributed by atoms with Gasteiger partial charge in [0.25, 0.3) is 5.91 Å². The molecule has 2 amide bonds. The Morgan fingerprint density at radius 3 is 2.82 bits per heavy atom. The summed E-state index contributed by atoms with van der Waals surface area (Å²) in [6.45, 7) is 8.67. The molecule has 3 aromatic rings. The Kier molecular flexibility index (Phi) is 5.57. The topological polar surface area (TPSA) is 54.3 Å². The number of fused-ring (bicyclic) bond motifs is 3. The number of hydrogen-bond acceptors (Lipinski definition) is 3. The van der Waals surface area contributed by atoms with Crippen LogP contribution in [0.25, 0.3) is 10.2 Å². The minimum Gasteiger partial charge on any atom is -0.351 e. The van der Waals surface area contributed by atoms with E-state index < -0.39 is 5.54 Å². The Hall–Kier alpha value is -2.31. The highest BCUT2D eigenvalue weighted by atomic mass is 35.5. The molecule has 3 unspecified atom stereocenters. The molecular formula is C26H30ClN3O2S. The largest absolute Gasteiger partial charge is 0.351 e. The molecule has 1 aromatic carbocycles. The third-order valence-corrected chi connectivity index (χ3v) is 9.16. The second-order valence-corrected chi connectivity index (χ2v) is 11.3. The molecule has 5 rings (SSSR count). The number of rotatable bonds is 3. The molecule has 174 valence electrons. The predicted molar refractivity (Wildman–Crippen MR) is 135 cm³/mol. The van der Waals surface area contributed by atoms with Gasteiger partial charge in [-0.2, -0.15) is 0 Å². The molecule has 33 heavy (non-hydrogen) atoms. The predicted octanol–water partition coefficient (Wildman–Crippen LogP) is 6.02. The number of nitrogens with one attached hydrogen (secondary N) is 1. The quantitative estimate of drug-likeness (QED) is 0.494. The second-order valence-electron chi connectivity index (χ2n) is 9.93. The first-order chi connectivity index (χ1) is 15.7. The molecule has 1 aliphatic carbocycles. The van der Waals surface area contributed by atoms with E-state index in [-0.39, 0.29) is 17.9 Å². The molecule has 0 bridgehead atoms. The van der Waals surface area contributed by atoms with E-state index in [4.69, 9.17) is 11.6 Å². The minimum absolute atomic E-state index is 0.107. The zero-order valence-corrected chi connectivity index (χ0v) is 21.1. The number of thiophene rings is 1. The summed E-state index contributed by atoms with van der Waals surface area (Å²) in [5, 5.41) is 5.96. The molecule has 4 atom stereocenters. The van der Waals surface area contributed by atoms with Gasteiger partial charge in [-0.25, -0.2) is 0 Å². The number of benzene rings is 1. The van der Waals surface area contributed by atoms with Crippen molar-refractivity contribution in [3.63, 3.8) is 0 Å². The van der Waals surface area contributed by atoms with E-state index in [1.54, 1.807) is 16.2 Å². The van der Waals surface area contributed by atoms with E-state index in [0.717, 1.165) is 28.6 Å². The van der Waals surface area contributed by atoms with E-state index in [0.29, 0.717) is 34.8 Å². The van der Waals surface area contributed by atoms with Crippen LogP contribution in [0.15, 0.2) is 35.7 Å². The SMILES string of the molecule is Cc1c(Cl)cccc1N1C(=O)c2cc3sccc3n2C[C@]1(C)C(=O)NC1CCCC(C)C1C. The van der Waals surface area contributed by atoms with Gasteiger partial charge in [-0.3, -0.25) is 14.5 Å². The van der Waals surface area contributed by atoms with Crippen molar-refractivity contribution >= 4 is 50.7 Å². The van der Waals surface area contributed by atoms with Crippen molar-refractivity contribution in [1.29, 1.82) is 0 Å². The van der Waals surface area contributed by atoms with E-state index in [1.165, 1.54) is 6.42 Å². The van der Waals surface area contributed by atoms with Gasteiger partial charge < -0.3 is 9.88 Å². The summed E-state index contributed by atoms with van der Waals surface area (Å²) in [5.74, 6) is 0.692. The van der Waals surface area contributed by atoms with E-state index in [1.807, 2.05) is 54.1 Å². The van der Waals surface area contributed by atoms with Crippen molar-refractivity contribution in [2.75, 3.05) is 4.90 Å². The number of anilines is 1. The van der Waals surface area contributed by atoms with Crippen LogP contribution in [0.2, 0.25) is 5.02 Å². The van der Waals surface area contributed by atoms with E-state index in [9.17, 15) is 9.59 Å². The zero-order chi connectivity index (χ0) is 23.5. The lowest BCUT2D eigenvalue weighted by atomic mass is 9.77. The summed E-state index contributed by atoms with van der Waals surface area (Å²) in [4.78, 5) is 29.7. The Morgan fingerprint density at radius 1 is 1.24 bits per heavy atom. The first-order valence-electron chi connectivity index (χ1n) is 11.7. The van der Waals surface area contributed by atoms with Crippen molar-refractivity contribution in [1.82, 2.24) is 9.88 Å². The molecule has 2 aromatic heterocycles. The maximum absolute atomic E-state index is 14.0. The van der Waals surface area contributed by atoms with Crippen LogP contribution < -0.4 is 10.2 Å². The second kappa shape index (κ2) is 8.17. The molecule has 1 aliphatic heterocycles. The first-order valence-corrected chi connectivity index (χ1v) is 13.0. The van der Waals surface area contributed by atoms with Crippen LogP contribution >= 0.6 is 22.9 Å². The van der Waals surface area contributed by atoms with Gasteiger partial charge in [0, 0.05) is 16.8 Å². The Morgan fingerprint density at radius 2 is 2.03 bits per heavy atom. The van der Waals surface area contributed by atoms with Crippen molar-refractivity contribution < 1.29 is 9.59 Å². The molecular weight excluding hydrogens is 454 g/mol. The van der Waals surface area contributed by atoms with E-state index in [2.05, 4.69) is 19.2 Å². The van der Waals surface area contributed by atoms with Crippen LogP contribution in [-0.2, 0) is 11.3 Å². The minimum atomic E-state index is -1.09. The monoisotopic (exact) mass is 483 g/mol. The lowest BCUT2D eigenvalue weighted by molar-refractivity contribution is -0.128. The van der Waals surface area contributed by atoms with Crippen molar-refractivity contribution in [3.8, 4) is 0 Å². The molecule has 1 fully saturated rings. The number of aromatic nitrogens is 1. The standard InChI is InChI=1S/C26H30ClN3O2S/c1-15-7-5-9-19(16(15)2)28-25(32)26(4)14-29-21-11-12-33-23(21)13-22(29)24(31)30(26)20-10-6-8-18(27)17(20)3/h6,8,10-13,15-16,19H,5,7,9,14H2,1-4H3,(H,28,32)/t15?,16?,19?,26-/m1/s1. The number of halogens is 1. The summed E-state index contributed by atoms with van der Waals surface area (Å²) in [6, 6.07) is 9.63. The Balaban J connectivity index is 1.61. The van der Waals surface area contributed by atoms with Crippen molar-refractivity contribution in [2.45, 2.75) is 65.1 Å². The normalized spacial score (nSPS) is 27.6. The van der Waals surface area contributed by atoms with Gasteiger partial charge in [0.15, 0.2) is 0 Å². The average Bonchev–Trinajstić information content (AvgIpc) is 3.37. The summed E-state index contributed by atoms with van der Waals surface area (Å²) in [6.07, 6.45) is 3.28. The highest BCUT2D eigenvalue weighted by Crippen LogP contribution is 2.40. The zero-order valence-electron chi connectivity index (χ0n) is 19.5. The summed E-state index contributed by atoms with van der Waals surface area (Å²) in [5.41, 5.74) is 2.01. The fourth-order valence-corrected chi connectivity index (χ4v) is 6.53. The Bertz CT molecular complexity index is 1250. The molecule has 0 spiro atoms. The maximum Gasteiger partial charge on any atom is 0.275 e. The fourth-order valence-electron chi connectivity index (χ4n) is 5.54. The number of nitrogens with zero attached hydrogens (tertiary/aromatic N) is 2. The Labute approximate surface area is 203 Å². The molecule has 5 nitrogen and oxygen atoms in total. The van der Waals surface area contributed by atoms with Gasteiger partial charge in [-0.15, -0.1) is 11.3 Å². The van der Waals surface area contributed by atoms with Gasteiger partial charge in [-0.1, -0.05) is 44.4 Å². The van der Waals surface area contributed by atoms with Crippen LogP contribution in [0.3, 0.4) is 0 Å². The summed E-state index contributed by atoms with van der Waals surface area (Å²) >= 11 is 8.06. The first kappa shape index (κ1) is 22.5. The number of carbonyl (C=O) groups is 2. The smallest absolute Gasteiger partial charge is 0.275 e. The molecule has 2 aliphatic rings. The van der Waals surface area contributed by atoms with Gasteiger partial charge in [0.05, 0.1) is 16.8 Å². The van der Waals surface area contributed by atoms with Crippen LogP contribution in [0, 0.1) is 18.8 Å². The van der Waals surface area contributed by atoms with Gasteiger partial charge >= 0.3 is 0 Å². The summed E-state index contributed by atoms with van der Waals surface area (Å²) < 4.78 is 3.07.